The Morgan fingerprint density at radius 2 is 1.95 bits per heavy atom. The first kappa shape index (κ1) is 27.3. The molecule has 1 aliphatic heterocycles. The highest BCUT2D eigenvalue weighted by Gasteiger charge is 2.58. The lowest BCUT2D eigenvalue weighted by Crippen LogP contribution is -2.36. The van der Waals surface area contributed by atoms with Gasteiger partial charge in [0.2, 0.25) is 11.8 Å². The molecular weight excluding hydrogens is 492 g/mol. The van der Waals surface area contributed by atoms with Gasteiger partial charge in [0, 0.05) is 43.0 Å². The molecule has 0 bridgehead atoms. The lowest BCUT2D eigenvalue weighted by molar-refractivity contribution is -0.124. The number of amides is 1. The van der Waals surface area contributed by atoms with Crippen molar-refractivity contribution in [2.24, 2.45) is 18.4 Å². The van der Waals surface area contributed by atoms with Crippen molar-refractivity contribution in [3.8, 4) is 11.3 Å². The molecule has 3 aromatic rings. The highest BCUT2D eigenvalue weighted by atomic mass is 16.4. The molecule has 208 valence electrons. The van der Waals surface area contributed by atoms with Crippen LogP contribution >= 0.6 is 0 Å². The number of unbranched alkanes of at least 4 members (excludes halogenated alkanes) is 2. The molecule has 1 N–H and O–H groups in total. The molecular formula is C31H40N4O4. The van der Waals surface area contributed by atoms with E-state index in [9.17, 15) is 14.4 Å². The van der Waals surface area contributed by atoms with Gasteiger partial charge in [0.1, 0.15) is 11.8 Å². The fraction of sp³-hybridized carbons (Fsp3) is 0.548. The Hall–Kier alpha value is -3.26. The summed E-state index contributed by atoms with van der Waals surface area (Å²) in [6, 6.07) is 7.23. The van der Waals surface area contributed by atoms with Gasteiger partial charge in [-0.25, -0.2) is 4.98 Å². The molecule has 2 aromatic heterocycles. The van der Waals surface area contributed by atoms with Crippen LogP contribution in [0.3, 0.4) is 0 Å². The molecule has 0 unspecified atom stereocenters. The number of nitrogens with one attached hydrogen (secondary N) is 1. The van der Waals surface area contributed by atoms with E-state index in [-0.39, 0.29) is 28.8 Å². The molecule has 1 aromatic carbocycles. The molecule has 2 aliphatic rings. The van der Waals surface area contributed by atoms with E-state index in [2.05, 4.69) is 22.2 Å². The van der Waals surface area contributed by atoms with Crippen LogP contribution in [0.25, 0.3) is 22.1 Å². The topological polar surface area (TPSA) is 97.4 Å². The number of fused-ring (bicyclic) bond motifs is 1. The summed E-state index contributed by atoms with van der Waals surface area (Å²) in [5.41, 5.74) is 0.958. The minimum atomic E-state index is -0.315. The number of benzene rings is 1. The van der Waals surface area contributed by atoms with E-state index < -0.39 is 0 Å². The molecule has 1 saturated heterocycles. The Balaban J connectivity index is 1.30. The monoisotopic (exact) mass is 532 g/mol. The Morgan fingerprint density at radius 3 is 2.72 bits per heavy atom. The van der Waals surface area contributed by atoms with Gasteiger partial charge >= 0.3 is 0 Å². The first-order valence-electron chi connectivity index (χ1n) is 14.4. The summed E-state index contributed by atoms with van der Waals surface area (Å²) >= 11 is 0. The average molecular weight is 533 g/mol. The van der Waals surface area contributed by atoms with Gasteiger partial charge in [0.25, 0.3) is 5.56 Å². The molecule has 1 aliphatic carbocycles. The Bertz CT molecular complexity index is 1400. The van der Waals surface area contributed by atoms with Gasteiger partial charge in [0.05, 0.1) is 6.20 Å². The molecule has 1 saturated carbocycles. The molecule has 1 amide bonds. The van der Waals surface area contributed by atoms with Crippen LogP contribution in [0.4, 0.5) is 0 Å². The fourth-order valence-corrected chi connectivity index (χ4v) is 5.97. The van der Waals surface area contributed by atoms with Gasteiger partial charge < -0.3 is 19.2 Å². The molecule has 8 heteroatoms. The molecule has 1 spiro atoms. The zero-order valence-corrected chi connectivity index (χ0v) is 23.4. The van der Waals surface area contributed by atoms with Crippen LogP contribution in [0.2, 0.25) is 0 Å². The number of carbonyl (C=O) groups is 2. The summed E-state index contributed by atoms with van der Waals surface area (Å²) in [7, 11) is 3.88. The highest BCUT2D eigenvalue weighted by Crippen LogP contribution is 2.59. The molecule has 2 fully saturated rings. The van der Waals surface area contributed by atoms with Gasteiger partial charge in [-0.3, -0.25) is 14.4 Å². The largest absolute Gasteiger partial charge is 0.438 e. The third-order valence-electron chi connectivity index (χ3n) is 8.83. The van der Waals surface area contributed by atoms with Crippen molar-refractivity contribution in [2.75, 3.05) is 20.1 Å². The van der Waals surface area contributed by atoms with E-state index in [1.807, 2.05) is 31.2 Å². The quantitative estimate of drug-likeness (QED) is 0.349. The van der Waals surface area contributed by atoms with Crippen molar-refractivity contribution >= 4 is 22.5 Å². The summed E-state index contributed by atoms with van der Waals surface area (Å²) in [5, 5.41) is 4.78. The number of nitrogens with zero attached hydrogens (tertiary/aromatic N) is 3. The van der Waals surface area contributed by atoms with E-state index in [0.717, 1.165) is 62.6 Å². The van der Waals surface area contributed by atoms with Crippen molar-refractivity contribution in [2.45, 2.75) is 70.8 Å². The van der Waals surface area contributed by atoms with Crippen LogP contribution in [0.5, 0.6) is 0 Å². The number of ketones is 1. The van der Waals surface area contributed by atoms with Crippen molar-refractivity contribution in [1.29, 1.82) is 0 Å². The van der Waals surface area contributed by atoms with E-state index in [4.69, 9.17) is 4.42 Å². The van der Waals surface area contributed by atoms with Gasteiger partial charge in [-0.1, -0.05) is 25.8 Å². The second-order valence-corrected chi connectivity index (χ2v) is 11.6. The van der Waals surface area contributed by atoms with Crippen LogP contribution < -0.4 is 10.9 Å². The Kier molecular flexibility index (Phi) is 8.03. The number of piperidine rings is 1. The number of carbonyl (C=O) groups excluding carboxylic acids is 2. The van der Waals surface area contributed by atoms with E-state index in [1.165, 1.54) is 0 Å². The second kappa shape index (κ2) is 11.5. The van der Waals surface area contributed by atoms with Gasteiger partial charge in [0.15, 0.2) is 5.76 Å². The number of rotatable bonds is 11. The smallest absolute Gasteiger partial charge is 0.258 e. The van der Waals surface area contributed by atoms with E-state index >= 15 is 0 Å². The number of aromatic nitrogens is 2. The third-order valence-corrected chi connectivity index (χ3v) is 8.83. The predicted octanol–water partition coefficient (Wildman–Crippen LogP) is 5.01. The van der Waals surface area contributed by atoms with Gasteiger partial charge in [-0.05, 0) is 81.2 Å². The summed E-state index contributed by atoms with van der Waals surface area (Å²) in [4.78, 5) is 44.4. The predicted molar refractivity (Wildman–Crippen MR) is 151 cm³/mol. The van der Waals surface area contributed by atoms with Crippen LogP contribution in [0.15, 0.2) is 45.9 Å². The molecule has 0 radical (unpaired) electrons. The number of hydrogen-bond acceptors (Lipinski definition) is 6. The maximum Gasteiger partial charge on any atom is 0.258 e. The zero-order valence-electron chi connectivity index (χ0n) is 23.4. The van der Waals surface area contributed by atoms with Crippen LogP contribution in [-0.4, -0.2) is 46.3 Å². The molecule has 5 rings (SSSR count). The van der Waals surface area contributed by atoms with Gasteiger partial charge in [-0.15, -0.1) is 0 Å². The van der Waals surface area contributed by atoms with Crippen molar-refractivity contribution in [3.05, 3.63) is 52.9 Å². The second-order valence-electron chi connectivity index (χ2n) is 11.6. The summed E-state index contributed by atoms with van der Waals surface area (Å²) < 4.78 is 7.79. The van der Waals surface area contributed by atoms with Gasteiger partial charge in [-0.2, -0.15) is 0 Å². The number of hydrogen-bond donors (Lipinski definition) is 1. The number of pyridine rings is 1. The van der Waals surface area contributed by atoms with E-state index in [1.54, 1.807) is 24.0 Å². The average Bonchev–Trinajstić information content (AvgIpc) is 3.42. The molecule has 39 heavy (non-hydrogen) atoms. The normalized spacial score (nSPS) is 19.3. The summed E-state index contributed by atoms with van der Waals surface area (Å²) in [5.74, 6) is 1.58. The summed E-state index contributed by atoms with van der Waals surface area (Å²) in [6.45, 7) is 3.99. The number of likely N-dealkylation sites (tertiary alicyclic amines) is 1. The molecule has 8 nitrogen and oxygen atoms in total. The molecule has 2 atom stereocenters. The maximum atomic E-state index is 13.4. The lowest BCUT2D eigenvalue weighted by atomic mass is 9.91. The Morgan fingerprint density at radius 1 is 1.15 bits per heavy atom. The number of aryl methyl sites for hydroxylation is 1. The minimum absolute atomic E-state index is 0.0387. The third kappa shape index (κ3) is 6.01. The first-order chi connectivity index (χ1) is 18.8. The first-order valence-corrected chi connectivity index (χ1v) is 14.4. The van der Waals surface area contributed by atoms with Crippen molar-refractivity contribution in [3.63, 3.8) is 0 Å². The lowest BCUT2D eigenvalue weighted by Gasteiger charge is -2.30. The summed E-state index contributed by atoms with van der Waals surface area (Å²) in [6.07, 6.45) is 11.1. The zero-order chi connectivity index (χ0) is 27.6. The van der Waals surface area contributed by atoms with E-state index in [0.29, 0.717) is 42.1 Å². The number of Topliss-reactive ketones (excluding diaryl/α,β-unsaturated/α-hetero) is 1. The molecule has 3 heterocycles. The standard InChI is InChI=1S/C31H40N4O4/c1-4-23(36)8-6-5-7-9-26(33-28(37)25-19-31(25)13-16-34(2)17-14-31)29-32-20-27(39-29)22-10-11-24-21(18-22)12-15-35(3)30(24)38/h10-12,15,18,20,25-26H,4-9,13-14,16-17,19H2,1-3H3,(H,33,37)/t25-,26+/m1/s1. The van der Waals surface area contributed by atoms with Crippen molar-refractivity contribution in [1.82, 2.24) is 19.8 Å². The van der Waals surface area contributed by atoms with Crippen LogP contribution in [0, 0.1) is 11.3 Å². The Labute approximate surface area is 229 Å². The van der Waals surface area contributed by atoms with Crippen LogP contribution in [-0.2, 0) is 16.6 Å². The number of oxazole rings is 1. The maximum absolute atomic E-state index is 13.4. The highest BCUT2D eigenvalue weighted by molar-refractivity contribution is 5.86. The van der Waals surface area contributed by atoms with Crippen LogP contribution in [0.1, 0.15) is 76.6 Å². The van der Waals surface area contributed by atoms with Crippen molar-refractivity contribution < 1.29 is 14.0 Å². The fourth-order valence-electron chi connectivity index (χ4n) is 5.97. The minimum Gasteiger partial charge on any atom is -0.438 e. The SMILES string of the molecule is CCC(=O)CCCCC[C@H](NC(=O)[C@H]1CC12CCN(C)CC2)c1ncc(-c2ccc3c(=O)n(C)ccc3c2)o1.